The molecular weight excluding hydrogens is 435 g/mol. The molecule has 3 heterocycles. The molecule has 1 aromatic carbocycles. The standard InChI is InChI=1S/C23H20F3N5O2/c1-13(29-17-10-19(23(24,25)26)22(33-3)28-12-17)8-14-4-6-15(7-5-14)16-9-18-20(27-11-16)30-31-21(18)32-2/h4-7,9-12,29H,1,8H2,2-3H3,(H,27,30,31). The number of aromatic nitrogens is 4. The van der Waals surface area contributed by atoms with Crippen LogP contribution in [0.2, 0.25) is 0 Å². The number of H-pyrrole nitrogens is 1. The molecule has 0 bridgehead atoms. The maximum absolute atomic E-state index is 13.2. The molecule has 0 fully saturated rings. The summed E-state index contributed by atoms with van der Waals surface area (Å²) in [5, 5.41) is 10.5. The van der Waals surface area contributed by atoms with Gasteiger partial charge in [0.25, 0.3) is 0 Å². The number of alkyl halides is 3. The van der Waals surface area contributed by atoms with Crippen molar-refractivity contribution in [3.63, 3.8) is 0 Å². The van der Waals surface area contributed by atoms with Crippen molar-refractivity contribution in [1.29, 1.82) is 0 Å². The number of rotatable bonds is 7. The van der Waals surface area contributed by atoms with Crippen molar-refractivity contribution >= 4 is 16.7 Å². The summed E-state index contributed by atoms with van der Waals surface area (Å²) in [5.41, 5.74) is 3.16. The van der Waals surface area contributed by atoms with Gasteiger partial charge in [-0.1, -0.05) is 30.8 Å². The van der Waals surface area contributed by atoms with E-state index < -0.39 is 17.6 Å². The molecule has 0 saturated heterocycles. The normalized spacial score (nSPS) is 11.4. The monoisotopic (exact) mass is 455 g/mol. The SMILES string of the molecule is C=C(Cc1ccc(-c2cnc3[nH]nc(OC)c3c2)cc1)Nc1cnc(OC)c(C(F)(F)F)c1. The van der Waals surface area contributed by atoms with Crippen LogP contribution < -0.4 is 14.8 Å². The van der Waals surface area contributed by atoms with Gasteiger partial charge in [0, 0.05) is 23.9 Å². The lowest BCUT2D eigenvalue weighted by molar-refractivity contribution is -0.139. The minimum atomic E-state index is -4.58. The van der Waals surface area contributed by atoms with Crippen LogP contribution in [0.15, 0.2) is 61.1 Å². The van der Waals surface area contributed by atoms with E-state index in [1.807, 2.05) is 30.3 Å². The third-order valence-corrected chi connectivity index (χ3v) is 4.95. The molecule has 3 aromatic heterocycles. The Morgan fingerprint density at radius 3 is 2.39 bits per heavy atom. The minimum Gasteiger partial charge on any atom is -0.481 e. The number of benzene rings is 1. The molecule has 0 amide bonds. The smallest absolute Gasteiger partial charge is 0.421 e. The zero-order valence-electron chi connectivity index (χ0n) is 17.8. The quantitative estimate of drug-likeness (QED) is 0.397. The second-order valence-corrected chi connectivity index (χ2v) is 7.23. The summed E-state index contributed by atoms with van der Waals surface area (Å²) < 4.78 is 49.5. The number of ether oxygens (including phenoxy) is 2. The maximum Gasteiger partial charge on any atom is 0.421 e. The minimum absolute atomic E-state index is 0.179. The van der Waals surface area contributed by atoms with Gasteiger partial charge in [-0.15, -0.1) is 5.10 Å². The number of nitrogens with zero attached hydrogens (tertiary/aromatic N) is 3. The fraction of sp³-hybridized carbons (Fsp3) is 0.174. The van der Waals surface area contributed by atoms with E-state index in [-0.39, 0.29) is 5.69 Å². The summed E-state index contributed by atoms with van der Waals surface area (Å²) in [6.07, 6.45) is -1.15. The van der Waals surface area contributed by atoms with E-state index in [2.05, 4.69) is 32.1 Å². The molecule has 0 aliphatic carbocycles. The second-order valence-electron chi connectivity index (χ2n) is 7.23. The van der Waals surface area contributed by atoms with Gasteiger partial charge in [0.05, 0.1) is 31.5 Å². The Balaban J connectivity index is 1.47. The molecule has 7 nitrogen and oxygen atoms in total. The lowest BCUT2D eigenvalue weighted by atomic mass is 10.0. The highest BCUT2D eigenvalue weighted by molar-refractivity contribution is 5.85. The number of halogens is 3. The van der Waals surface area contributed by atoms with Crippen LogP contribution in [0.1, 0.15) is 11.1 Å². The number of pyridine rings is 2. The first kappa shape index (κ1) is 22.1. The summed E-state index contributed by atoms with van der Waals surface area (Å²) >= 11 is 0. The third-order valence-electron chi connectivity index (χ3n) is 4.95. The average molecular weight is 455 g/mol. The van der Waals surface area contributed by atoms with Crippen molar-refractivity contribution in [3.05, 3.63) is 72.2 Å². The van der Waals surface area contributed by atoms with Gasteiger partial charge in [0.1, 0.15) is 5.56 Å². The van der Waals surface area contributed by atoms with Gasteiger partial charge in [-0.2, -0.15) is 13.2 Å². The predicted octanol–water partition coefficient (Wildman–Crippen LogP) is 5.22. The van der Waals surface area contributed by atoms with E-state index in [1.54, 1.807) is 13.3 Å². The topological polar surface area (TPSA) is 85.0 Å². The highest BCUT2D eigenvalue weighted by Gasteiger charge is 2.35. The Morgan fingerprint density at radius 1 is 1.00 bits per heavy atom. The highest BCUT2D eigenvalue weighted by Crippen LogP contribution is 2.36. The molecule has 0 saturated carbocycles. The summed E-state index contributed by atoms with van der Waals surface area (Å²) in [5.74, 6) is -0.00462. The average Bonchev–Trinajstić information content (AvgIpc) is 3.21. The number of hydrogen-bond acceptors (Lipinski definition) is 6. The molecule has 4 rings (SSSR count). The van der Waals surface area contributed by atoms with Gasteiger partial charge < -0.3 is 14.8 Å². The Labute approximate surface area is 187 Å². The lowest BCUT2D eigenvalue weighted by Crippen LogP contribution is -2.10. The van der Waals surface area contributed by atoms with Crippen LogP contribution in [-0.4, -0.2) is 34.4 Å². The number of nitrogens with one attached hydrogen (secondary N) is 2. The molecule has 0 aliphatic rings. The van der Waals surface area contributed by atoms with Crippen molar-refractivity contribution in [1.82, 2.24) is 20.2 Å². The van der Waals surface area contributed by atoms with Crippen LogP contribution in [0.3, 0.4) is 0 Å². The van der Waals surface area contributed by atoms with Gasteiger partial charge in [-0.25, -0.2) is 9.97 Å². The maximum atomic E-state index is 13.2. The molecular formula is C23H20F3N5O2. The van der Waals surface area contributed by atoms with Crippen LogP contribution in [0.4, 0.5) is 18.9 Å². The highest BCUT2D eigenvalue weighted by atomic mass is 19.4. The number of methoxy groups -OCH3 is 2. The van der Waals surface area contributed by atoms with Crippen molar-refractivity contribution in [2.45, 2.75) is 12.6 Å². The van der Waals surface area contributed by atoms with Crippen LogP contribution in [-0.2, 0) is 12.6 Å². The molecule has 10 heteroatoms. The van der Waals surface area contributed by atoms with E-state index >= 15 is 0 Å². The van der Waals surface area contributed by atoms with Crippen molar-refractivity contribution in [2.24, 2.45) is 0 Å². The van der Waals surface area contributed by atoms with Gasteiger partial charge in [-0.3, -0.25) is 5.10 Å². The van der Waals surface area contributed by atoms with E-state index in [9.17, 15) is 13.2 Å². The van der Waals surface area contributed by atoms with E-state index in [0.29, 0.717) is 23.6 Å². The first-order chi connectivity index (χ1) is 15.8. The summed E-state index contributed by atoms with van der Waals surface area (Å²) in [6.45, 7) is 3.92. The summed E-state index contributed by atoms with van der Waals surface area (Å²) in [4.78, 5) is 8.09. The molecule has 0 unspecified atom stereocenters. The van der Waals surface area contributed by atoms with E-state index in [4.69, 9.17) is 9.47 Å². The predicted molar refractivity (Wildman–Crippen MR) is 118 cm³/mol. The fourth-order valence-corrected chi connectivity index (χ4v) is 3.39. The first-order valence-electron chi connectivity index (χ1n) is 9.82. The Kier molecular flexibility index (Phi) is 5.91. The Bertz CT molecular complexity index is 1300. The molecule has 33 heavy (non-hydrogen) atoms. The molecule has 0 spiro atoms. The first-order valence-corrected chi connectivity index (χ1v) is 9.82. The van der Waals surface area contributed by atoms with Gasteiger partial charge in [0.15, 0.2) is 5.65 Å². The summed E-state index contributed by atoms with van der Waals surface area (Å²) in [6, 6.07) is 10.6. The second kappa shape index (κ2) is 8.81. The van der Waals surface area contributed by atoms with Crippen molar-refractivity contribution in [2.75, 3.05) is 19.5 Å². The van der Waals surface area contributed by atoms with E-state index in [1.165, 1.54) is 6.20 Å². The van der Waals surface area contributed by atoms with Crippen molar-refractivity contribution in [3.8, 4) is 22.9 Å². The summed E-state index contributed by atoms with van der Waals surface area (Å²) in [7, 11) is 2.69. The number of anilines is 1. The number of hydrogen-bond donors (Lipinski definition) is 2. The Morgan fingerprint density at radius 2 is 1.73 bits per heavy atom. The van der Waals surface area contributed by atoms with E-state index in [0.717, 1.165) is 35.3 Å². The fourth-order valence-electron chi connectivity index (χ4n) is 3.39. The Hall–Kier alpha value is -4.08. The van der Waals surface area contributed by atoms with Crippen molar-refractivity contribution < 1.29 is 22.6 Å². The number of aromatic amines is 1. The molecule has 0 atom stereocenters. The van der Waals surface area contributed by atoms with Crippen LogP contribution in [0.25, 0.3) is 22.2 Å². The molecule has 0 aliphatic heterocycles. The van der Waals surface area contributed by atoms with Crippen LogP contribution in [0.5, 0.6) is 11.8 Å². The molecule has 0 radical (unpaired) electrons. The van der Waals surface area contributed by atoms with Gasteiger partial charge in [-0.05, 0) is 23.3 Å². The zero-order chi connectivity index (χ0) is 23.6. The zero-order valence-corrected chi connectivity index (χ0v) is 17.8. The van der Waals surface area contributed by atoms with Crippen LogP contribution in [0, 0.1) is 0 Å². The molecule has 4 aromatic rings. The number of fused-ring (bicyclic) bond motifs is 1. The van der Waals surface area contributed by atoms with Crippen LogP contribution >= 0.6 is 0 Å². The lowest BCUT2D eigenvalue weighted by Gasteiger charge is -2.14. The number of allylic oxidation sites excluding steroid dienone is 1. The van der Waals surface area contributed by atoms with Gasteiger partial charge in [0.2, 0.25) is 11.8 Å². The molecule has 170 valence electrons. The van der Waals surface area contributed by atoms with Gasteiger partial charge >= 0.3 is 6.18 Å². The largest absolute Gasteiger partial charge is 0.481 e. The third kappa shape index (κ3) is 4.74. The molecule has 2 N–H and O–H groups in total.